The van der Waals surface area contributed by atoms with Crippen molar-refractivity contribution >= 4 is 23.5 Å². The van der Waals surface area contributed by atoms with Gasteiger partial charge in [-0.05, 0) is 49.4 Å². The highest BCUT2D eigenvalue weighted by molar-refractivity contribution is 5.95. The van der Waals surface area contributed by atoms with Crippen molar-refractivity contribution in [2.24, 2.45) is 0 Å². The summed E-state index contributed by atoms with van der Waals surface area (Å²) in [4.78, 5) is 32.5. The Hall–Kier alpha value is -3.76. The average molecular weight is 450 g/mol. The second-order valence-electron chi connectivity index (χ2n) is 7.79. The van der Waals surface area contributed by atoms with Gasteiger partial charge in [0.2, 0.25) is 5.95 Å². The molecule has 2 saturated heterocycles. The minimum absolute atomic E-state index is 0.0436. The third-order valence-corrected chi connectivity index (χ3v) is 5.55. The third-order valence-electron chi connectivity index (χ3n) is 5.55. The fraction of sp³-hybridized carbons (Fsp3) is 0.304. The van der Waals surface area contributed by atoms with Crippen LogP contribution in [0.2, 0.25) is 0 Å². The van der Waals surface area contributed by atoms with Gasteiger partial charge in [0.25, 0.3) is 0 Å². The van der Waals surface area contributed by atoms with Crippen LogP contribution in [0.3, 0.4) is 0 Å². The Morgan fingerprint density at radius 2 is 1.88 bits per heavy atom. The summed E-state index contributed by atoms with van der Waals surface area (Å²) in [5.41, 5.74) is 1.76. The number of nitrogens with zero attached hydrogens (tertiary/aromatic N) is 2. The van der Waals surface area contributed by atoms with Crippen LogP contribution >= 0.6 is 0 Å². The molecule has 5 rings (SSSR count). The highest BCUT2D eigenvalue weighted by Gasteiger charge is 2.49. The van der Waals surface area contributed by atoms with Gasteiger partial charge in [-0.1, -0.05) is 0 Å². The Bertz CT molecular complexity index is 1130. The average Bonchev–Trinajstić information content (AvgIpc) is 3.55. The van der Waals surface area contributed by atoms with E-state index in [0.717, 1.165) is 0 Å². The summed E-state index contributed by atoms with van der Waals surface area (Å²) >= 11 is 0. The smallest absolute Gasteiger partial charge is 0.412 e. The molecule has 0 aliphatic carbocycles. The number of hydrogen-bond donors (Lipinski definition) is 2. The highest BCUT2D eigenvalue weighted by Crippen LogP contribution is 2.31. The first kappa shape index (κ1) is 21.1. The van der Waals surface area contributed by atoms with E-state index >= 15 is 0 Å². The number of ketones is 1. The van der Waals surface area contributed by atoms with E-state index in [0.29, 0.717) is 35.3 Å². The van der Waals surface area contributed by atoms with Crippen molar-refractivity contribution in [3.05, 3.63) is 60.5 Å². The highest BCUT2D eigenvalue weighted by atomic mass is 16.6. The summed E-state index contributed by atoms with van der Waals surface area (Å²) in [5, 5.41) is 5.90. The fourth-order valence-corrected chi connectivity index (χ4v) is 3.92. The normalized spacial score (nSPS) is 23.7. The first-order chi connectivity index (χ1) is 16.1. The molecule has 10 heteroatoms. The lowest BCUT2D eigenvalue weighted by atomic mass is 10.1. The maximum atomic E-state index is 12.3. The van der Waals surface area contributed by atoms with Crippen LogP contribution in [0, 0.1) is 0 Å². The molecule has 33 heavy (non-hydrogen) atoms. The standard InChI is InChI=1S/C23H22N4O6/c1-13(28)14-4-6-15(7-5-14)25-23(29)33-19-12-32-20-17(11-31-21(19)20)27-22-24-9-8-16(26-22)18-3-2-10-30-18/h2-10,17,19-21H,11-12H2,1H3,(H,25,29)(H,24,26,27)/t17-,19-,20-,21+/m0/s1. The third kappa shape index (κ3) is 4.57. The molecule has 2 aliphatic heterocycles. The molecule has 3 aromatic rings. The molecule has 2 N–H and O–H groups in total. The molecule has 0 spiro atoms. The number of nitrogens with one attached hydrogen (secondary N) is 2. The first-order valence-corrected chi connectivity index (χ1v) is 10.5. The Morgan fingerprint density at radius 3 is 2.64 bits per heavy atom. The lowest BCUT2D eigenvalue weighted by Crippen LogP contribution is -2.38. The fourth-order valence-electron chi connectivity index (χ4n) is 3.92. The number of benzene rings is 1. The zero-order valence-electron chi connectivity index (χ0n) is 17.8. The number of aromatic nitrogens is 2. The van der Waals surface area contributed by atoms with E-state index in [1.165, 1.54) is 6.92 Å². The Kier molecular flexibility index (Phi) is 5.76. The Morgan fingerprint density at radius 1 is 1.06 bits per heavy atom. The van der Waals surface area contributed by atoms with Crippen molar-refractivity contribution in [1.29, 1.82) is 0 Å². The molecule has 2 fully saturated rings. The van der Waals surface area contributed by atoms with Crippen molar-refractivity contribution in [3.63, 3.8) is 0 Å². The van der Waals surface area contributed by atoms with E-state index in [9.17, 15) is 9.59 Å². The predicted molar refractivity (Wildman–Crippen MR) is 117 cm³/mol. The quantitative estimate of drug-likeness (QED) is 0.545. The van der Waals surface area contributed by atoms with Crippen LogP contribution in [0.15, 0.2) is 59.3 Å². The summed E-state index contributed by atoms with van der Waals surface area (Å²) in [6, 6.07) is 11.8. The molecule has 4 heterocycles. The van der Waals surface area contributed by atoms with Gasteiger partial charge in [0, 0.05) is 17.4 Å². The maximum absolute atomic E-state index is 12.3. The van der Waals surface area contributed by atoms with Crippen LogP contribution in [0.4, 0.5) is 16.4 Å². The molecule has 0 saturated carbocycles. The predicted octanol–water partition coefficient (Wildman–Crippen LogP) is 3.13. The van der Waals surface area contributed by atoms with E-state index < -0.39 is 18.3 Å². The molecule has 10 nitrogen and oxygen atoms in total. The number of ether oxygens (including phenoxy) is 3. The molecule has 0 radical (unpaired) electrons. The van der Waals surface area contributed by atoms with Crippen LogP contribution < -0.4 is 10.6 Å². The minimum Gasteiger partial charge on any atom is -0.463 e. The van der Waals surface area contributed by atoms with E-state index in [2.05, 4.69) is 20.6 Å². The summed E-state index contributed by atoms with van der Waals surface area (Å²) in [7, 11) is 0. The van der Waals surface area contributed by atoms with Crippen molar-refractivity contribution < 1.29 is 28.2 Å². The van der Waals surface area contributed by atoms with Crippen LogP contribution in [-0.4, -0.2) is 59.4 Å². The number of carbonyl (C=O) groups is 2. The number of hydrogen-bond acceptors (Lipinski definition) is 9. The zero-order chi connectivity index (χ0) is 22.8. The summed E-state index contributed by atoms with van der Waals surface area (Å²) < 4.78 is 22.7. The molecular weight excluding hydrogens is 428 g/mol. The molecule has 2 aromatic heterocycles. The maximum Gasteiger partial charge on any atom is 0.412 e. The number of carbonyl (C=O) groups excluding carboxylic acids is 2. The van der Waals surface area contributed by atoms with Gasteiger partial charge in [-0.25, -0.2) is 14.8 Å². The second-order valence-corrected chi connectivity index (χ2v) is 7.79. The van der Waals surface area contributed by atoms with E-state index in [-0.39, 0.29) is 24.5 Å². The van der Waals surface area contributed by atoms with Crippen molar-refractivity contribution in [3.8, 4) is 11.5 Å². The van der Waals surface area contributed by atoms with Gasteiger partial charge in [-0.15, -0.1) is 0 Å². The van der Waals surface area contributed by atoms with Gasteiger partial charge >= 0.3 is 6.09 Å². The zero-order valence-corrected chi connectivity index (χ0v) is 17.8. The lowest BCUT2D eigenvalue weighted by Gasteiger charge is -2.18. The van der Waals surface area contributed by atoms with Crippen LogP contribution in [0.1, 0.15) is 17.3 Å². The van der Waals surface area contributed by atoms with Crippen LogP contribution in [0.25, 0.3) is 11.5 Å². The van der Waals surface area contributed by atoms with Crippen molar-refractivity contribution in [2.75, 3.05) is 23.8 Å². The number of rotatable bonds is 6. The summed E-state index contributed by atoms with van der Waals surface area (Å²) in [5.74, 6) is 1.03. The van der Waals surface area contributed by atoms with Gasteiger partial charge in [-0.2, -0.15) is 0 Å². The number of Topliss-reactive ketones (excluding diaryl/α,β-unsaturated/α-hetero) is 1. The number of fused-ring (bicyclic) bond motifs is 1. The molecule has 1 aromatic carbocycles. The monoisotopic (exact) mass is 450 g/mol. The topological polar surface area (TPSA) is 125 Å². The van der Waals surface area contributed by atoms with Gasteiger partial charge in [-0.3, -0.25) is 10.1 Å². The molecule has 170 valence electrons. The lowest BCUT2D eigenvalue weighted by molar-refractivity contribution is 0.00917. The van der Waals surface area contributed by atoms with Gasteiger partial charge in [0.1, 0.15) is 17.9 Å². The number of furan rings is 1. The number of anilines is 2. The van der Waals surface area contributed by atoms with Gasteiger partial charge in [0.15, 0.2) is 17.6 Å². The first-order valence-electron chi connectivity index (χ1n) is 10.5. The summed E-state index contributed by atoms with van der Waals surface area (Å²) in [6.07, 6.45) is 1.36. The molecule has 0 bridgehead atoms. The summed E-state index contributed by atoms with van der Waals surface area (Å²) in [6.45, 7) is 2.06. The number of amides is 1. The van der Waals surface area contributed by atoms with Gasteiger partial charge in [0.05, 0.1) is 25.5 Å². The van der Waals surface area contributed by atoms with E-state index in [1.54, 1.807) is 48.9 Å². The van der Waals surface area contributed by atoms with E-state index in [1.807, 2.05) is 6.07 Å². The second kappa shape index (κ2) is 9.00. The molecule has 2 aliphatic rings. The van der Waals surface area contributed by atoms with E-state index in [4.69, 9.17) is 18.6 Å². The van der Waals surface area contributed by atoms with Crippen molar-refractivity contribution in [2.45, 2.75) is 31.3 Å². The SMILES string of the molecule is CC(=O)c1ccc(NC(=O)O[C@H]2CO[C@@H]3[C@@H]2OC[C@@H]3Nc2nccc(-c3ccco3)n2)cc1. The van der Waals surface area contributed by atoms with Crippen LogP contribution in [-0.2, 0) is 14.2 Å². The molecule has 4 atom stereocenters. The Labute approximate surface area is 189 Å². The molecule has 0 unspecified atom stereocenters. The molecular formula is C23H22N4O6. The largest absolute Gasteiger partial charge is 0.463 e. The van der Waals surface area contributed by atoms with Gasteiger partial charge < -0.3 is 23.9 Å². The van der Waals surface area contributed by atoms with Crippen LogP contribution in [0.5, 0.6) is 0 Å². The molecule has 1 amide bonds. The minimum atomic E-state index is -0.616. The Balaban J connectivity index is 1.17. The van der Waals surface area contributed by atoms with Crippen molar-refractivity contribution in [1.82, 2.24) is 9.97 Å².